The van der Waals surface area contributed by atoms with Crippen molar-refractivity contribution < 1.29 is 5.11 Å². The average molecular weight is 156 g/mol. The number of hydrogen-bond acceptors (Lipinski definition) is 3. The molecular formula is C8H16N2O. The predicted molar refractivity (Wildman–Crippen MR) is 43.5 cm³/mol. The Morgan fingerprint density at radius 1 is 1.18 bits per heavy atom. The summed E-state index contributed by atoms with van der Waals surface area (Å²) in [5.74, 6) is 0. The van der Waals surface area contributed by atoms with Gasteiger partial charge < -0.3 is 10.4 Å². The molecule has 0 amide bonds. The van der Waals surface area contributed by atoms with E-state index in [1.54, 1.807) is 0 Å². The molecule has 0 unspecified atom stereocenters. The van der Waals surface area contributed by atoms with E-state index in [4.69, 9.17) is 0 Å². The minimum Gasteiger partial charge on any atom is -0.390 e. The van der Waals surface area contributed by atoms with Crippen molar-refractivity contribution in [3.05, 3.63) is 0 Å². The van der Waals surface area contributed by atoms with Crippen molar-refractivity contribution in [3.63, 3.8) is 0 Å². The van der Waals surface area contributed by atoms with Crippen LogP contribution in [0.4, 0.5) is 0 Å². The summed E-state index contributed by atoms with van der Waals surface area (Å²) in [6.07, 6.45) is 2.49. The normalized spacial score (nSPS) is 40.1. The van der Waals surface area contributed by atoms with E-state index in [-0.39, 0.29) is 6.10 Å². The molecule has 0 saturated carbocycles. The van der Waals surface area contributed by atoms with Crippen LogP contribution in [0.3, 0.4) is 0 Å². The first kappa shape index (κ1) is 7.53. The van der Waals surface area contributed by atoms with Gasteiger partial charge in [-0.15, -0.1) is 0 Å². The van der Waals surface area contributed by atoms with Crippen LogP contribution < -0.4 is 5.32 Å². The van der Waals surface area contributed by atoms with Crippen LogP contribution in [-0.2, 0) is 0 Å². The van der Waals surface area contributed by atoms with Gasteiger partial charge in [-0.2, -0.15) is 0 Å². The molecule has 64 valence electrons. The van der Waals surface area contributed by atoms with Crippen molar-refractivity contribution >= 4 is 0 Å². The molecule has 0 radical (unpaired) electrons. The van der Waals surface area contributed by atoms with Crippen LogP contribution in [0.5, 0.6) is 0 Å². The molecular weight excluding hydrogens is 140 g/mol. The fourth-order valence-corrected chi connectivity index (χ4v) is 2.10. The van der Waals surface area contributed by atoms with E-state index in [1.165, 1.54) is 25.9 Å². The number of likely N-dealkylation sites (tertiary alicyclic amines) is 1. The van der Waals surface area contributed by atoms with Crippen LogP contribution in [-0.4, -0.2) is 48.3 Å². The van der Waals surface area contributed by atoms with Gasteiger partial charge in [0.1, 0.15) is 0 Å². The molecule has 2 rings (SSSR count). The summed E-state index contributed by atoms with van der Waals surface area (Å²) in [5.41, 5.74) is 0. The van der Waals surface area contributed by atoms with Crippen molar-refractivity contribution in [3.8, 4) is 0 Å². The van der Waals surface area contributed by atoms with Crippen LogP contribution in [0.25, 0.3) is 0 Å². The summed E-state index contributed by atoms with van der Waals surface area (Å²) in [6, 6.07) is 0.400. The second-order valence-electron chi connectivity index (χ2n) is 3.54. The molecule has 2 aliphatic heterocycles. The fourth-order valence-electron chi connectivity index (χ4n) is 2.10. The van der Waals surface area contributed by atoms with Gasteiger partial charge in [0, 0.05) is 19.1 Å². The van der Waals surface area contributed by atoms with Crippen LogP contribution in [0.1, 0.15) is 12.8 Å². The van der Waals surface area contributed by atoms with Crippen molar-refractivity contribution in [2.45, 2.75) is 25.0 Å². The van der Waals surface area contributed by atoms with Gasteiger partial charge in [0.15, 0.2) is 0 Å². The second kappa shape index (κ2) is 3.09. The second-order valence-corrected chi connectivity index (χ2v) is 3.54. The number of rotatable bonds is 1. The van der Waals surface area contributed by atoms with Gasteiger partial charge in [-0.05, 0) is 25.9 Å². The Labute approximate surface area is 67.4 Å². The molecule has 0 spiro atoms. The highest BCUT2D eigenvalue weighted by molar-refractivity contribution is 4.89. The lowest BCUT2D eigenvalue weighted by atomic mass is 10.2. The van der Waals surface area contributed by atoms with E-state index >= 15 is 0 Å². The van der Waals surface area contributed by atoms with Crippen LogP contribution in [0.2, 0.25) is 0 Å². The zero-order valence-corrected chi connectivity index (χ0v) is 6.79. The molecule has 0 aromatic carbocycles. The molecule has 3 heteroatoms. The van der Waals surface area contributed by atoms with Crippen molar-refractivity contribution in [1.82, 2.24) is 10.2 Å². The highest BCUT2D eigenvalue weighted by Gasteiger charge is 2.31. The molecule has 11 heavy (non-hydrogen) atoms. The van der Waals surface area contributed by atoms with Crippen LogP contribution in [0.15, 0.2) is 0 Å². The summed E-state index contributed by atoms with van der Waals surface area (Å²) >= 11 is 0. The maximum Gasteiger partial charge on any atom is 0.0831 e. The quantitative estimate of drug-likeness (QED) is 0.533. The van der Waals surface area contributed by atoms with Gasteiger partial charge in [0.05, 0.1) is 6.10 Å². The fraction of sp³-hybridized carbons (Fsp3) is 1.00. The third-order valence-corrected chi connectivity index (χ3v) is 2.76. The molecule has 2 atom stereocenters. The Morgan fingerprint density at radius 2 is 1.91 bits per heavy atom. The smallest absolute Gasteiger partial charge is 0.0831 e. The predicted octanol–water partition coefficient (Wildman–Crippen LogP) is -0.585. The Morgan fingerprint density at radius 3 is 2.45 bits per heavy atom. The molecule has 0 aromatic rings. The van der Waals surface area contributed by atoms with E-state index < -0.39 is 0 Å². The van der Waals surface area contributed by atoms with Crippen molar-refractivity contribution in [2.24, 2.45) is 0 Å². The maximum atomic E-state index is 9.55. The van der Waals surface area contributed by atoms with Gasteiger partial charge in [-0.3, -0.25) is 4.90 Å². The van der Waals surface area contributed by atoms with Gasteiger partial charge in [0.2, 0.25) is 0 Å². The molecule has 3 nitrogen and oxygen atoms in total. The number of aliphatic hydroxyl groups excluding tert-OH is 1. The molecule has 2 aliphatic rings. The largest absolute Gasteiger partial charge is 0.390 e. The SMILES string of the molecule is O[C@@H]1CNC[C@H]1N1CCCC1. The minimum absolute atomic E-state index is 0.131. The number of nitrogens with one attached hydrogen (secondary N) is 1. The molecule has 0 aliphatic carbocycles. The molecule has 0 bridgehead atoms. The first-order chi connectivity index (χ1) is 5.38. The summed E-state index contributed by atoms with van der Waals surface area (Å²) in [4.78, 5) is 2.41. The highest BCUT2D eigenvalue weighted by atomic mass is 16.3. The van der Waals surface area contributed by atoms with Gasteiger partial charge >= 0.3 is 0 Å². The maximum absolute atomic E-state index is 9.55. The highest BCUT2D eigenvalue weighted by Crippen LogP contribution is 2.16. The monoisotopic (exact) mass is 156 g/mol. The Balaban J connectivity index is 1.92. The van der Waals surface area contributed by atoms with Crippen molar-refractivity contribution in [2.75, 3.05) is 26.2 Å². The zero-order chi connectivity index (χ0) is 7.68. The van der Waals surface area contributed by atoms with E-state index in [1.807, 2.05) is 0 Å². The summed E-state index contributed by atoms with van der Waals surface area (Å²) in [7, 11) is 0. The first-order valence-corrected chi connectivity index (χ1v) is 4.51. The third kappa shape index (κ3) is 1.41. The number of β-amino-alcohol motifs (C(OH)–C–C–N with tert-alkyl or cyclic N) is 1. The summed E-state index contributed by atoms with van der Waals surface area (Å²) in [6.45, 7) is 4.12. The van der Waals surface area contributed by atoms with Gasteiger partial charge in [-0.25, -0.2) is 0 Å². The van der Waals surface area contributed by atoms with E-state index in [0.717, 1.165) is 13.1 Å². The molecule has 0 aromatic heterocycles. The van der Waals surface area contributed by atoms with E-state index in [2.05, 4.69) is 10.2 Å². The lowest BCUT2D eigenvalue weighted by molar-refractivity contribution is 0.0985. The molecule has 2 heterocycles. The zero-order valence-electron chi connectivity index (χ0n) is 6.79. The minimum atomic E-state index is -0.131. The van der Waals surface area contributed by atoms with E-state index in [0.29, 0.717) is 6.04 Å². The third-order valence-electron chi connectivity index (χ3n) is 2.76. The standard InChI is InChI=1S/C8H16N2O/c11-8-6-9-5-7(8)10-3-1-2-4-10/h7-9,11H,1-6H2/t7-,8-/m1/s1. The molecule has 2 fully saturated rings. The van der Waals surface area contributed by atoms with E-state index in [9.17, 15) is 5.11 Å². The topological polar surface area (TPSA) is 35.5 Å². The lowest BCUT2D eigenvalue weighted by Gasteiger charge is -2.24. The van der Waals surface area contributed by atoms with Crippen LogP contribution in [0, 0.1) is 0 Å². The van der Waals surface area contributed by atoms with Gasteiger partial charge in [-0.1, -0.05) is 0 Å². The first-order valence-electron chi connectivity index (χ1n) is 4.51. The Kier molecular flexibility index (Phi) is 2.11. The number of aliphatic hydroxyl groups is 1. The number of nitrogens with zero attached hydrogens (tertiary/aromatic N) is 1. The summed E-state index contributed by atoms with van der Waals surface area (Å²) < 4.78 is 0. The Hall–Kier alpha value is -0.120. The molecule has 2 saturated heterocycles. The molecule has 2 N–H and O–H groups in total. The number of hydrogen-bond donors (Lipinski definition) is 2. The van der Waals surface area contributed by atoms with Crippen molar-refractivity contribution in [1.29, 1.82) is 0 Å². The average Bonchev–Trinajstić information content (AvgIpc) is 2.55. The van der Waals surface area contributed by atoms with Gasteiger partial charge in [0.25, 0.3) is 0 Å². The summed E-state index contributed by atoms with van der Waals surface area (Å²) in [5, 5.41) is 12.8. The Bertz CT molecular complexity index is 134. The van der Waals surface area contributed by atoms with Crippen LogP contribution >= 0.6 is 0 Å². The lowest BCUT2D eigenvalue weighted by Crippen LogP contribution is -2.41.